The lowest BCUT2D eigenvalue weighted by molar-refractivity contribution is 0.0493. The predicted octanol–water partition coefficient (Wildman–Crippen LogP) is 3.21. The van der Waals surface area contributed by atoms with Gasteiger partial charge in [-0.25, -0.2) is 9.78 Å². The van der Waals surface area contributed by atoms with E-state index >= 15 is 0 Å². The normalized spacial score (nSPS) is 10.3. The fourth-order valence-electron chi connectivity index (χ4n) is 0.924. The first-order valence-electron chi connectivity index (χ1n) is 5.03. The van der Waals surface area contributed by atoms with Crippen molar-refractivity contribution < 1.29 is 9.53 Å². The first-order chi connectivity index (χ1) is 7.27. The maximum Gasteiger partial charge on any atom is 0.357 e. The highest BCUT2D eigenvalue weighted by atomic mass is 32.2. The van der Waals surface area contributed by atoms with Crippen molar-refractivity contribution in [2.24, 2.45) is 0 Å². The van der Waals surface area contributed by atoms with Gasteiger partial charge in [0.05, 0.1) is 6.61 Å². The first kappa shape index (κ1) is 12.5. The van der Waals surface area contributed by atoms with E-state index in [1.54, 1.807) is 17.1 Å². The van der Waals surface area contributed by atoms with E-state index in [0.29, 0.717) is 12.3 Å². The van der Waals surface area contributed by atoms with Crippen LogP contribution in [0.5, 0.6) is 0 Å². The van der Waals surface area contributed by atoms with Crippen molar-refractivity contribution in [3.8, 4) is 0 Å². The molecule has 0 aliphatic carbocycles. The average molecular weight is 245 g/mol. The van der Waals surface area contributed by atoms with Gasteiger partial charge < -0.3 is 4.74 Å². The molecule has 5 heteroatoms. The van der Waals surface area contributed by atoms with Crippen molar-refractivity contribution in [1.82, 2.24) is 4.98 Å². The highest BCUT2D eigenvalue weighted by Gasteiger charge is 2.11. The molecule has 0 saturated carbocycles. The van der Waals surface area contributed by atoms with E-state index < -0.39 is 0 Å². The summed E-state index contributed by atoms with van der Waals surface area (Å²) in [6.45, 7) is 4.61. The minimum Gasteiger partial charge on any atom is -0.461 e. The van der Waals surface area contributed by atoms with Gasteiger partial charge >= 0.3 is 5.97 Å². The maximum atomic E-state index is 11.4. The zero-order valence-electron chi connectivity index (χ0n) is 8.99. The van der Waals surface area contributed by atoms with E-state index in [2.05, 4.69) is 18.8 Å². The Morgan fingerprint density at radius 2 is 2.40 bits per heavy atom. The highest BCUT2D eigenvalue weighted by molar-refractivity contribution is 8.00. The summed E-state index contributed by atoms with van der Waals surface area (Å²) in [5.41, 5.74) is 0.437. The minimum atomic E-state index is -0.303. The molecule has 15 heavy (non-hydrogen) atoms. The van der Waals surface area contributed by atoms with Crippen LogP contribution in [0.15, 0.2) is 9.72 Å². The van der Waals surface area contributed by atoms with E-state index in [-0.39, 0.29) is 5.97 Å². The Hall–Kier alpha value is -0.550. The molecule has 0 amide bonds. The van der Waals surface area contributed by atoms with E-state index in [4.69, 9.17) is 4.74 Å². The van der Waals surface area contributed by atoms with Crippen molar-refractivity contribution in [1.29, 1.82) is 0 Å². The van der Waals surface area contributed by atoms with Gasteiger partial charge in [0.25, 0.3) is 0 Å². The van der Waals surface area contributed by atoms with Crippen LogP contribution >= 0.6 is 23.1 Å². The number of thioether (sulfide) groups is 1. The van der Waals surface area contributed by atoms with Gasteiger partial charge in [-0.2, -0.15) is 0 Å². The third-order valence-electron chi connectivity index (χ3n) is 1.69. The van der Waals surface area contributed by atoms with E-state index in [1.807, 2.05) is 0 Å². The van der Waals surface area contributed by atoms with Gasteiger partial charge in [-0.15, -0.1) is 11.3 Å². The van der Waals surface area contributed by atoms with Gasteiger partial charge in [0, 0.05) is 5.38 Å². The second-order valence-corrected chi connectivity index (χ2v) is 5.29. The molecule has 1 heterocycles. The summed E-state index contributed by atoms with van der Waals surface area (Å²) in [6, 6.07) is 0. The summed E-state index contributed by atoms with van der Waals surface area (Å²) in [4.78, 5) is 15.6. The van der Waals surface area contributed by atoms with Crippen LogP contribution < -0.4 is 0 Å². The molecule has 0 saturated heterocycles. The number of aromatic nitrogens is 1. The fraction of sp³-hybridized carbons (Fsp3) is 0.600. The van der Waals surface area contributed by atoms with Gasteiger partial charge in [-0.3, -0.25) is 0 Å². The van der Waals surface area contributed by atoms with Gasteiger partial charge in [0.1, 0.15) is 0 Å². The standard InChI is InChI=1S/C10H15NO2S2/c1-3-5-6-13-9(12)8-7-15-10(11-8)14-4-2/h7H,3-6H2,1-2H3. The number of carbonyl (C=O) groups excluding carboxylic acids is 1. The number of hydrogen-bond donors (Lipinski definition) is 0. The van der Waals surface area contributed by atoms with Crippen LogP contribution in [-0.4, -0.2) is 23.3 Å². The second-order valence-electron chi connectivity index (χ2n) is 2.92. The molecule has 0 unspecified atom stereocenters. The number of nitrogens with zero attached hydrogens (tertiary/aromatic N) is 1. The summed E-state index contributed by atoms with van der Waals surface area (Å²) in [7, 11) is 0. The highest BCUT2D eigenvalue weighted by Crippen LogP contribution is 2.22. The Bertz CT molecular complexity index is 312. The Kier molecular flexibility index (Phi) is 5.71. The number of ether oxygens (including phenoxy) is 1. The predicted molar refractivity (Wildman–Crippen MR) is 63.7 cm³/mol. The summed E-state index contributed by atoms with van der Waals surface area (Å²) in [5, 5.41) is 1.76. The molecule has 0 fully saturated rings. The van der Waals surface area contributed by atoms with Crippen LogP contribution in [0.1, 0.15) is 37.2 Å². The summed E-state index contributed by atoms with van der Waals surface area (Å²) in [6.07, 6.45) is 1.94. The monoisotopic (exact) mass is 245 g/mol. The Labute approximate surface area is 98.2 Å². The lowest BCUT2D eigenvalue weighted by Crippen LogP contribution is -2.06. The van der Waals surface area contributed by atoms with Crippen LogP contribution in [-0.2, 0) is 4.74 Å². The lowest BCUT2D eigenvalue weighted by Gasteiger charge is -2.00. The Morgan fingerprint density at radius 1 is 1.60 bits per heavy atom. The molecule has 0 atom stereocenters. The average Bonchev–Trinajstić information content (AvgIpc) is 2.67. The van der Waals surface area contributed by atoms with Gasteiger partial charge in [0.15, 0.2) is 10.0 Å². The summed E-state index contributed by atoms with van der Waals surface area (Å²) >= 11 is 3.13. The number of thiazole rings is 1. The van der Waals surface area contributed by atoms with Crippen LogP contribution in [0.4, 0.5) is 0 Å². The van der Waals surface area contributed by atoms with Crippen molar-refractivity contribution in [2.75, 3.05) is 12.4 Å². The number of rotatable bonds is 6. The Morgan fingerprint density at radius 3 is 3.07 bits per heavy atom. The van der Waals surface area contributed by atoms with Crippen molar-refractivity contribution in [3.63, 3.8) is 0 Å². The van der Waals surface area contributed by atoms with Crippen molar-refractivity contribution in [2.45, 2.75) is 31.0 Å². The molecule has 3 nitrogen and oxygen atoms in total. The summed E-state index contributed by atoms with van der Waals surface area (Å²) in [5.74, 6) is 0.667. The molecule has 0 spiro atoms. The van der Waals surface area contributed by atoms with Crippen molar-refractivity contribution >= 4 is 29.1 Å². The largest absolute Gasteiger partial charge is 0.461 e. The van der Waals surface area contributed by atoms with Crippen LogP contribution in [0.25, 0.3) is 0 Å². The Balaban J connectivity index is 2.43. The number of carbonyl (C=O) groups is 1. The second kappa shape index (κ2) is 6.85. The number of esters is 1. The van der Waals surface area contributed by atoms with Crippen LogP contribution in [0, 0.1) is 0 Å². The third kappa shape index (κ3) is 4.22. The molecule has 1 rings (SSSR count). The van der Waals surface area contributed by atoms with E-state index in [9.17, 15) is 4.79 Å². The molecule has 0 N–H and O–H groups in total. The van der Waals surface area contributed by atoms with Crippen LogP contribution in [0.3, 0.4) is 0 Å². The van der Waals surface area contributed by atoms with E-state index in [1.165, 1.54) is 11.3 Å². The van der Waals surface area contributed by atoms with Crippen molar-refractivity contribution in [3.05, 3.63) is 11.1 Å². The fourth-order valence-corrected chi connectivity index (χ4v) is 2.62. The minimum absolute atomic E-state index is 0.303. The van der Waals surface area contributed by atoms with Gasteiger partial charge in [-0.1, -0.05) is 32.0 Å². The molecule has 0 aromatic carbocycles. The summed E-state index contributed by atoms with van der Waals surface area (Å²) < 4.78 is 5.99. The molecular weight excluding hydrogens is 230 g/mol. The zero-order valence-corrected chi connectivity index (χ0v) is 10.6. The number of hydrogen-bond acceptors (Lipinski definition) is 5. The van der Waals surface area contributed by atoms with Gasteiger partial charge in [-0.05, 0) is 12.2 Å². The molecule has 0 aliphatic heterocycles. The third-order valence-corrected chi connectivity index (χ3v) is 3.59. The first-order valence-corrected chi connectivity index (χ1v) is 6.89. The molecule has 0 aliphatic rings. The molecule has 0 bridgehead atoms. The molecule has 1 aromatic heterocycles. The topological polar surface area (TPSA) is 39.2 Å². The molecule has 84 valence electrons. The SMILES string of the molecule is CCCCOC(=O)c1csc(SCC)n1. The van der Waals surface area contributed by atoms with Crippen LogP contribution in [0.2, 0.25) is 0 Å². The maximum absolute atomic E-state index is 11.4. The quantitative estimate of drug-likeness (QED) is 0.438. The smallest absolute Gasteiger partial charge is 0.357 e. The van der Waals surface area contributed by atoms with Gasteiger partial charge in [0.2, 0.25) is 0 Å². The molecule has 0 radical (unpaired) electrons. The molecular formula is C10H15NO2S2. The zero-order chi connectivity index (χ0) is 11.1. The number of unbranched alkanes of at least 4 members (excludes halogenated alkanes) is 1. The van der Waals surface area contributed by atoms with E-state index in [0.717, 1.165) is 22.9 Å². The molecule has 1 aromatic rings. The lowest BCUT2D eigenvalue weighted by atomic mass is 10.4.